The predicted molar refractivity (Wildman–Crippen MR) is 48.8 cm³/mol. The van der Waals surface area contributed by atoms with Gasteiger partial charge in [0.2, 0.25) is 0 Å². The van der Waals surface area contributed by atoms with E-state index in [2.05, 4.69) is 25.1 Å². The summed E-state index contributed by atoms with van der Waals surface area (Å²) in [5.41, 5.74) is 4.53. The van der Waals surface area contributed by atoms with Crippen molar-refractivity contribution in [1.82, 2.24) is 0 Å². The van der Waals surface area contributed by atoms with E-state index in [9.17, 15) is 4.91 Å². The SMILES string of the molecule is CCC1=CC12CC(CN=O)=C2C. The van der Waals surface area contributed by atoms with E-state index < -0.39 is 0 Å². The highest BCUT2D eigenvalue weighted by Crippen LogP contribution is 2.63. The van der Waals surface area contributed by atoms with E-state index in [0.29, 0.717) is 12.0 Å². The van der Waals surface area contributed by atoms with Crippen LogP contribution in [0.2, 0.25) is 0 Å². The molecule has 0 saturated heterocycles. The molecule has 2 aliphatic rings. The van der Waals surface area contributed by atoms with Crippen LogP contribution < -0.4 is 0 Å². The number of nitrogens with zero attached hydrogens (tertiary/aromatic N) is 1. The van der Waals surface area contributed by atoms with Gasteiger partial charge in [-0.05, 0) is 25.3 Å². The average molecular weight is 163 g/mol. The van der Waals surface area contributed by atoms with Gasteiger partial charge in [0, 0.05) is 5.41 Å². The molecule has 2 rings (SSSR count). The molecule has 0 aromatic rings. The first-order chi connectivity index (χ1) is 5.74. The van der Waals surface area contributed by atoms with Crippen LogP contribution in [0, 0.1) is 10.3 Å². The number of hydrogen-bond donors (Lipinski definition) is 0. The van der Waals surface area contributed by atoms with Crippen molar-refractivity contribution in [1.29, 1.82) is 0 Å². The molecule has 1 atom stereocenters. The van der Waals surface area contributed by atoms with Gasteiger partial charge < -0.3 is 0 Å². The fraction of sp³-hybridized carbons (Fsp3) is 0.600. The van der Waals surface area contributed by atoms with E-state index in [1.165, 1.54) is 11.1 Å². The smallest absolute Gasteiger partial charge is 0.102 e. The lowest BCUT2D eigenvalue weighted by Gasteiger charge is -2.33. The van der Waals surface area contributed by atoms with Gasteiger partial charge in [-0.25, -0.2) is 0 Å². The van der Waals surface area contributed by atoms with Crippen LogP contribution in [0.15, 0.2) is 28.0 Å². The summed E-state index contributed by atoms with van der Waals surface area (Å²) in [6, 6.07) is 0. The first-order valence-electron chi connectivity index (χ1n) is 4.45. The maximum Gasteiger partial charge on any atom is 0.102 e. The Morgan fingerprint density at radius 3 is 2.83 bits per heavy atom. The third kappa shape index (κ3) is 0.752. The largest absolute Gasteiger partial charge is 0.150 e. The monoisotopic (exact) mass is 163 g/mol. The number of allylic oxidation sites excluding steroid dienone is 3. The minimum absolute atomic E-state index is 0.342. The Labute approximate surface area is 72.3 Å². The van der Waals surface area contributed by atoms with Crippen molar-refractivity contribution in [2.75, 3.05) is 6.54 Å². The zero-order valence-corrected chi connectivity index (χ0v) is 7.55. The molecule has 2 heteroatoms. The van der Waals surface area contributed by atoms with Crippen molar-refractivity contribution in [2.24, 2.45) is 10.6 Å². The number of hydrogen-bond acceptors (Lipinski definition) is 2. The fourth-order valence-electron chi connectivity index (χ4n) is 2.26. The minimum atomic E-state index is 0.342. The molecule has 0 aliphatic heterocycles. The molecule has 12 heavy (non-hydrogen) atoms. The first-order valence-corrected chi connectivity index (χ1v) is 4.45. The lowest BCUT2D eigenvalue weighted by atomic mass is 9.71. The summed E-state index contributed by atoms with van der Waals surface area (Å²) in [5, 5.41) is 2.92. The highest BCUT2D eigenvalue weighted by molar-refractivity contribution is 5.58. The van der Waals surface area contributed by atoms with E-state index in [4.69, 9.17) is 0 Å². The van der Waals surface area contributed by atoms with Crippen LogP contribution in [0.4, 0.5) is 0 Å². The van der Waals surface area contributed by atoms with Crippen LogP contribution in [0.5, 0.6) is 0 Å². The van der Waals surface area contributed by atoms with E-state index in [1.807, 2.05) is 0 Å². The second kappa shape index (κ2) is 2.28. The van der Waals surface area contributed by atoms with Crippen molar-refractivity contribution in [3.05, 3.63) is 27.7 Å². The second-order valence-electron chi connectivity index (χ2n) is 3.69. The molecule has 0 N–H and O–H groups in total. The molecule has 1 unspecified atom stereocenters. The molecule has 0 aromatic heterocycles. The molecule has 0 heterocycles. The van der Waals surface area contributed by atoms with Crippen LogP contribution in [0.1, 0.15) is 26.7 Å². The summed E-state index contributed by atoms with van der Waals surface area (Å²) < 4.78 is 0. The fourth-order valence-corrected chi connectivity index (χ4v) is 2.26. The Bertz CT molecular complexity index is 301. The summed E-state index contributed by atoms with van der Waals surface area (Å²) in [6.45, 7) is 4.71. The lowest BCUT2D eigenvalue weighted by Crippen LogP contribution is -2.22. The van der Waals surface area contributed by atoms with Crippen molar-refractivity contribution >= 4 is 0 Å². The van der Waals surface area contributed by atoms with Crippen LogP contribution >= 0.6 is 0 Å². The molecule has 0 fully saturated rings. The molecule has 1 spiro atoms. The second-order valence-corrected chi connectivity index (χ2v) is 3.69. The quantitative estimate of drug-likeness (QED) is 0.464. The Kier molecular flexibility index (Phi) is 1.47. The van der Waals surface area contributed by atoms with Gasteiger partial charge >= 0.3 is 0 Å². The minimum Gasteiger partial charge on any atom is -0.150 e. The van der Waals surface area contributed by atoms with Crippen LogP contribution in [0.3, 0.4) is 0 Å². The summed E-state index contributed by atoms with van der Waals surface area (Å²) >= 11 is 0. The normalized spacial score (nSPS) is 31.7. The summed E-state index contributed by atoms with van der Waals surface area (Å²) in [7, 11) is 0. The Hall–Kier alpha value is -0.920. The van der Waals surface area contributed by atoms with Gasteiger partial charge in [-0.2, -0.15) is 4.91 Å². The topological polar surface area (TPSA) is 29.4 Å². The first kappa shape index (κ1) is 7.71. The highest BCUT2D eigenvalue weighted by atomic mass is 16.3. The van der Waals surface area contributed by atoms with Crippen molar-refractivity contribution in [3.63, 3.8) is 0 Å². The van der Waals surface area contributed by atoms with Crippen LogP contribution in [-0.2, 0) is 0 Å². The zero-order chi connectivity index (χ0) is 8.77. The van der Waals surface area contributed by atoms with E-state index in [0.717, 1.165) is 12.8 Å². The van der Waals surface area contributed by atoms with Crippen LogP contribution in [-0.4, -0.2) is 6.54 Å². The molecule has 0 saturated carbocycles. The van der Waals surface area contributed by atoms with Gasteiger partial charge in [-0.3, -0.25) is 0 Å². The van der Waals surface area contributed by atoms with Gasteiger partial charge in [0.25, 0.3) is 0 Å². The molecule has 64 valence electrons. The molecule has 0 bridgehead atoms. The number of nitroso groups, excluding NO2 is 1. The summed E-state index contributed by atoms with van der Waals surface area (Å²) in [5.74, 6) is 0. The standard InChI is InChI=1S/C10H13NO/c1-3-9-5-10(9)4-8(6-11-12)7(10)2/h5H,3-4,6H2,1-2H3. The predicted octanol–water partition coefficient (Wildman–Crippen LogP) is 2.81. The lowest BCUT2D eigenvalue weighted by molar-refractivity contribution is 0.534. The number of rotatable bonds is 3. The third-order valence-electron chi connectivity index (χ3n) is 3.24. The van der Waals surface area contributed by atoms with E-state index in [-0.39, 0.29) is 0 Å². The highest BCUT2D eigenvalue weighted by Gasteiger charge is 2.51. The maximum atomic E-state index is 10.0. The molecule has 0 radical (unpaired) electrons. The van der Waals surface area contributed by atoms with Gasteiger partial charge in [-0.15, -0.1) is 0 Å². The van der Waals surface area contributed by atoms with Gasteiger partial charge in [0.1, 0.15) is 6.54 Å². The van der Waals surface area contributed by atoms with E-state index >= 15 is 0 Å². The van der Waals surface area contributed by atoms with Gasteiger partial charge in [0.05, 0.1) is 0 Å². The Morgan fingerprint density at radius 1 is 1.67 bits per heavy atom. The van der Waals surface area contributed by atoms with Crippen molar-refractivity contribution in [3.8, 4) is 0 Å². The molecular formula is C10H13NO. The van der Waals surface area contributed by atoms with Gasteiger partial charge in [0.15, 0.2) is 0 Å². The summed E-state index contributed by atoms with van der Waals surface area (Å²) in [6.07, 6.45) is 4.55. The Morgan fingerprint density at radius 2 is 2.42 bits per heavy atom. The zero-order valence-electron chi connectivity index (χ0n) is 7.55. The summed E-state index contributed by atoms with van der Waals surface area (Å²) in [4.78, 5) is 10.0. The molecule has 0 amide bonds. The van der Waals surface area contributed by atoms with Gasteiger partial charge in [-0.1, -0.05) is 29.3 Å². The molecular weight excluding hydrogens is 150 g/mol. The average Bonchev–Trinajstić information content (AvgIpc) is 2.81. The van der Waals surface area contributed by atoms with Crippen molar-refractivity contribution < 1.29 is 0 Å². The Balaban J connectivity index is 2.08. The molecule has 0 aromatic carbocycles. The third-order valence-corrected chi connectivity index (χ3v) is 3.24. The molecule has 2 aliphatic carbocycles. The maximum absolute atomic E-state index is 10.0. The van der Waals surface area contributed by atoms with Crippen LogP contribution in [0.25, 0.3) is 0 Å². The van der Waals surface area contributed by atoms with E-state index in [1.54, 1.807) is 5.57 Å². The van der Waals surface area contributed by atoms with Crippen molar-refractivity contribution in [2.45, 2.75) is 26.7 Å². The molecule has 2 nitrogen and oxygen atoms in total.